The van der Waals surface area contributed by atoms with Gasteiger partial charge in [-0.2, -0.15) is 0 Å². The molecule has 242 valence electrons. The van der Waals surface area contributed by atoms with Crippen molar-refractivity contribution in [2.45, 2.75) is 64.3 Å². The summed E-state index contributed by atoms with van der Waals surface area (Å²) in [5.74, 6) is -3.26. The Kier molecular flexibility index (Phi) is 12.4. The van der Waals surface area contributed by atoms with Crippen LogP contribution < -0.4 is 21.3 Å². The van der Waals surface area contributed by atoms with Crippen LogP contribution in [0.2, 0.25) is 0 Å². The minimum atomic E-state index is -1.28. The zero-order chi connectivity index (χ0) is 32.9. The van der Waals surface area contributed by atoms with Crippen LogP contribution in [-0.2, 0) is 36.9 Å². The summed E-state index contributed by atoms with van der Waals surface area (Å²) in [6.45, 7) is 4.25. The van der Waals surface area contributed by atoms with Crippen molar-refractivity contribution in [2.24, 2.45) is 11.8 Å². The highest BCUT2D eigenvalue weighted by atomic mass is 16.6. The van der Waals surface area contributed by atoms with Crippen molar-refractivity contribution in [2.75, 3.05) is 6.54 Å². The highest BCUT2D eigenvalue weighted by Crippen LogP contribution is 2.23. The molecule has 2 aromatic carbocycles. The van der Waals surface area contributed by atoms with Crippen LogP contribution in [0.25, 0.3) is 0 Å². The molecule has 11 nitrogen and oxygen atoms in total. The number of pyridine rings is 1. The number of amides is 4. The summed E-state index contributed by atoms with van der Waals surface area (Å²) in [5.41, 5.74) is 2.32. The number of carbonyl (C=O) groups is 5. The van der Waals surface area contributed by atoms with Gasteiger partial charge < -0.3 is 26.0 Å². The third-order valence-corrected chi connectivity index (χ3v) is 7.70. The number of aromatic nitrogens is 1. The topological polar surface area (TPSA) is 156 Å². The molecule has 0 radical (unpaired) electrons. The number of nitrogens with one attached hydrogen (secondary N) is 4. The summed E-state index contributed by atoms with van der Waals surface area (Å²) in [6.07, 6.45) is 1.23. The third-order valence-electron chi connectivity index (χ3n) is 7.70. The number of hydrogen-bond donors (Lipinski definition) is 4. The lowest BCUT2D eigenvalue weighted by atomic mass is 9.94. The molecule has 1 unspecified atom stereocenters. The Morgan fingerprint density at radius 3 is 2.24 bits per heavy atom. The number of hydrogen-bond acceptors (Lipinski definition) is 7. The molecule has 0 aliphatic carbocycles. The lowest BCUT2D eigenvalue weighted by molar-refractivity contribution is -0.141. The van der Waals surface area contributed by atoms with E-state index in [1.165, 1.54) is 0 Å². The van der Waals surface area contributed by atoms with Crippen molar-refractivity contribution in [3.8, 4) is 0 Å². The van der Waals surface area contributed by atoms with Gasteiger partial charge in [0.15, 0.2) is 0 Å². The standard InChI is InChI=1S/C35H41N5O6/c1-23(2)19-29(40-35(45)46-30(25-13-7-4-8-14-25)20-24-11-5-3-6-12-24)33(43)39-28(21-26-16-18-37-32(26)42)31(41)34(44)38-22-27-15-9-10-17-36-27/h3-15,17,23,26,28-30H,16,18-22H2,1-2H3,(H,37,42)(H,38,44)(H,39,43)(H,40,45)/t26-,28-,29-,30?/m0/s1. The molecular formula is C35H41N5O6. The predicted octanol–water partition coefficient (Wildman–Crippen LogP) is 3.40. The van der Waals surface area contributed by atoms with Gasteiger partial charge in [-0.3, -0.25) is 24.2 Å². The first-order valence-electron chi connectivity index (χ1n) is 15.6. The average molecular weight is 628 g/mol. The summed E-state index contributed by atoms with van der Waals surface area (Å²) in [4.78, 5) is 69.7. The first kappa shape index (κ1) is 33.8. The van der Waals surface area contributed by atoms with E-state index < -0.39 is 47.8 Å². The lowest BCUT2D eigenvalue weighted by Crippen LogP contribution is -2.55. The highest BCUT2D eigenvalue weighted by Gasteiger charge is 2.36. The number of rotatable bonds is 15. The predicted molar refractivity (Wildman–Crippen MR) is 171 cm³/mol. The van der Waals surface area contributed by atoms with Gasteiger partial charge in [-0.15, -0.1) is 0 Å². The van der Waals surface area contributed by atoms with Crippen molar-refractivity contribution < 1.29 is 28.7 Å². The first-order valence-corrected chi connectivity index (χ1v) is 15.6. The second-order valence-electron chi connectivity index (χ2n) is 11.8. The van der Waals surface area contributed by atoms with E-state index in [1.807, 2.05) is 74.5 Å². The Morgan fingerprint density at radius 2 is 1.61 bits per heavy atom. The molecule has 0 saturated carbocycles. The molecule has 1 fully saturated rings. The van der Waals surface area contributed by atoms with E-state index in [4.69, 9.17) is 4.74 Å². The summed E-state index contributed by atoms with van der Waals surface area (Å²) in [6, 6.07) is 21.8. The minimum Gasteiger partial charge on any atom is -0.441 e. The quantitative estimate of drug-likeness (QED) is 0.188. The lowest BCUT2D eigenvalue weighted by Gasteiger charge is -2.26. The van der Waals surface area contributed by atoms with Crippen LogP contribution >= 0.6 is 0 Å². The van der Waals surface area contributed by atoms with E-state index in [1.54, 1.807) is 24.4 Å². The summed E-state index contributed by atoms with van der Waals surface area (Å²) in [7, 11) is 0. The van der Waals surface area contributed by atoms with Gasteiger partial charge in [-0.25, -0.2) is 4.79 Å². The minimum absolute atomic E-state index is 0.0123. The summed E-state index contributed by atoms with van der Waals surface area (Å²) < 4.78 is 5.87. The summed E-state index contributed by atoms with van der Waals surface area (Å²) >= 11 is 0. The van der Waals surface area contributed by atoms with Crippen molar-refractivity contribution in [1.29, 1.82) is 0 Å². The molecule has 46 heavy (non-hydrogen) atoms. The SMILES string of the molecule is CC(C)C[C@H](NC(=O)OC(Cc1ccccc1)c1ccccc1)C(=O)N[C@@H](C[C@@H]1CCNC1=O)C(=O)C(=O)NCc1ccccn1. The van der Waals surface area contributed by atoms with Crippen LogP contribution in [0.3, 0.4) is 0 Å². The van der Waals surface area contributed by atoms with Gasteiger partial charge in [0.1, 0.15) is 12.1 Å². The average Bonchev–Trinajstić information content (AvgIpc) is 3.47. The van der Waals surface area contributed by atoms with E-state index in [-0.39, 0.29) is 31.2 Å². The number of nitrogens with zero attached hydrogens (tertiary/aromatic N) is 1. The Labute approximate surface area is 268 Å². The molecule has 4 atom stereocenters. The van der Waals surface area contributed by atoms with Gasteiger partial charge in [0.25, 0.3) is 5.91 Å². The van der Waals surface area contributed by atoms with Crippen LogP contribution in [0.4, 0.5) is 4.79 Å². The molecule has 4 N–H and O–H groups in total. The summed E-state index contributed by atoms with van der Waals surface area (Å²) in [5, 5.41) is 10.6. The van der Waals surface area contributed by atoms with Crippen LogP contribution in [0.5, 0.6) is 0 Å². The monoisotopic (exact) mass is 627 g/mol. The normalized spacial score (nSPS) is 16.1. The maximum absolute atomic E-state index is 13.7. The zero-order valence-corrected chi connectivity index (χ0v) is 26.1. The largest absolute Gasteiger partial charge is 0.441 e. The zero-order valence-electron chi connectivity index (χ0n) is 26.1. The van der Waals surface area contributed by atoms with Crippen molar-refractivity contribution >= 4 is 29.6 Å². The van der Waals surface area contributed by atoms with Crippen LogP contribution in [-0.4, -0.2) is 53.2 Å². The van der Waals surface area contributed by atoms with Gasteiger partial charge in [-0.05, 0) is 48.4 Å². The molecule has 2 heterocycles. The van der Waals surface area contributed by atoms with E-state index in [9.17, 15) is 24.0 Å². The van der Waals surface area contributed by atoms with E-state index in [2.05, 4.69) is 26.3 Å². The molecule has 11 heteroatoms. The Hall–Kier alpha value is -5.06. The fourth-order valence-corrected chi connectivity index (χ4v) is 5.31. The Balaban J connectivity index is 1.47. The second-order valence-corrected chi connectivity index (χ2v) is 11.8. The van der Waals surface area contributed by atoms with Crippen LogP contribution in [0.1, 0.15) is 56.0 Å². The Morgan fingerprint density at radius 1 is 0.913 bits per heavy atom. The van der Waals surface area contributed by atoms with Gasteiger partial charge in [0.2, 0.25) is 17.6 Å². The van der Waals surface area contributed by atoms with Crippen LogP contribution in [0.15, 0.2) is 85.1 Å². The molecule has 1 aliphatic heterocycles. The first-order chi connectivity index (χ1) is 22.2. The number of benzene rings is 2. The van der Waals surface area contributed by atoms with Crippen molar-refractivity contribution in [1.82, 2.24) is 26.3 Å². The van der Waals surface area contributed by atoms with Gasteiger partial charge >= 0.3 is 6.09 Å². The molecular weight excluding hydrogens is 586 g/mol. The molecule has 4 rings (SSSR count). The number of ether oxygens (including phenoxy) is 1. The fraction of sp³-hybridized carbons (Fsp3) is 0.371. The van der Waals surface area contributed by atoms with Crippen molar-refractivity contribution in [3.05, 3.63) is 102 Å². The maximum Gasteiger partial charge on any atom is 0.408 e. The molecule has 1 saturated heterocycles. The van der Waals surface area contributed by atoms with Crippen LogP contribution in [0, 0.1) is 11.8 Å². The molecule has 1 aromatic heterocycles. The van der Waals surface area contributed by atoms with E-state index >= 15 is 0 Å². The molecule has 0 spiro atoms. The molecule has 4 amide bonds. The molecule has 1 aliphatic rings. The number of ketones is 1. The highest BCUT2D eigenvalue weighted by molar-refractivity contribution is 6.38. The Bertz CT molecular complexity index is 1470. The van der Waals surface area contributed by atoms with E-state index in [0.717, 1.165) is 11.1 Å². The number of Topliss-reactive ketones (excluding diaryl/α,β-unsaturated/α-hetero) is 1. The third kappa shape index (κ3) is 10.3. The maximum atomic E-state index is 13.7. The molecule has 3 aromatic rings. The fourth-order valence-electron chi connectivity index (χ4n) is 5.31. The van der Waals surface area contributed by atoms with Gasteiger partial charge in [0, 0.05) is 25.1 Å². The number of alkyl carbamates (subject to hydrolysis) is 1. The second kappa shape index (κ2) is 16.9. The van der Waals surface area contributed by atoms with E-state index in [0.29, 0.717) is 25.1 Å². The smallest absolute Gasteiger partial charge is 0.408 e. The number of carbonyl (C=O) groups excluding carboxylic acids is 5. The molecule has 0 bridgehead atoms. The van der Waals surface area contributed by atoms with Crippen molar-refractivity contribution in [3.63, 3.8) is 0 Å². The van der Waals surface area contributed by atoms with Gasteiger partial charge in [0.05, 0.1) is 18.3 Å². The van der Waals surface area contributed by atoms with Gasteiger partial charge in [-0.1, -0.05) is 80.6 Å².